The van der Waals surface area contributed by atoms with Crippen LogP contribution in [0.3, 0.4) is 0 Å². The van der Waals surface area contributed by atoms with Crippen molar-refractivity contribution in [2.75, 3.05) is 10.0 Å². The molecule has 0 aliphatic heterocycles. The number of rotatable bonds is 5. The van der Waals surface area contributed by atoms with Gasteiger partial charge in [-0.2, -0.15) is 0 Å². The molecule has 6 nitrogen and oxygen atoms in total. The average Bonchev–Trinajstić information content (AvgIpc) is 3.11. The molecule has 0 saturated carbocycles. The molecule has 4 aromatic rings. The molecule has 0 bridgehead atoms. The maximum absolute atomic E-state index is 13.9. The van der Waals surface area contributed by atoms with Crippen molar-refractivity contribution >= 4 is 48.3 Å². The van der Waals surface area contributed by atoms with Crippen LogP contribution in [0.5, 0.6) is 0 Å². The Bertz CT molecular complexity index is 1350. The highest BCUT2D eigenvalue weighted by Crippen LogP contribution is 2.32. The standard InChI is InChI=1S/C21H16FN3O3S2/c1-13-11-15(25-30(27,28)18-10-6-5-9-16(18)22)12-17-19(13)23-21(29-17)24-20(26)14-7-3-2-4-8-14/h2-12,25H,1H3,(H,23,24,26). The van der Waals surface area contributed by atoms with Crippen LogP contribution in [-0.4, -0.2) is 19.3 Å². The zero-order valence-electron chi connectivity index (χ0n) is 15.7. The van der Waals surface area contributed by atoms with Crippen molar-refractivity contribution in [3.05, 3.63) is 83.7 Å². The van der Waals surface area contributed by atoms with Crippen molar-refractivity contribution in [1.29, 1.82) is 0 Å². The molecule has 0 radical (unpaired) electrons. The van der Waals surface area contributed by atoms with E-state index < -0.39 is 20.7 Å². The summed E-state index contributed by atoms with van der Waals surface area (Å²) in [6.45, 7) is 1.78. The molecular weight excluding hydrogens is 425 g/mol. The molecular formula is C21H16FN3O3S2. The maximum atomic E-state index is 13.9. The van der Waals surface area contributed by atoms with E-state index in [-0.39, 0.29) is 11.6 Å². The summed E-state index contributed by atoms with van der Waals surface area (Å²) in [5, 5.41) is 3.16. The molecule has 0 unspecified atom stereocenters. The quantitative estimate of drug-likeness (QED) is 0.466. The van der Waals surface area contributed by atoms with Crippen molar-refractivity contribution in [2.24, 2.45) is 0 Å². The van der Waals surface area contributed by atoms with E-state index in [0.717, 1.165) is 11.6 Å². The van der Waals surface area contributed by atoms with Gasteiger partial charge in [-0.05, 0) is 48.9 Å². The molecule has 9 heteroatoms. The third-order valence-electron chi connectivity index (χ3n) is 4.32. The van der Waals surface area contributed by atoms with Gasteiger partial charge in [0, 0.05) is 5.56 Å². The van der Waals surface area contributed by atoms with Gasteiger partial charge in [-0.25, -0.2) is 17.8 Å². The van der Waals surface area contributed by atoms with Crippen LogP contribution in [-0.2, 0) is 10.0 Å². The molecule has 0 aliphatic carbocycles. The van der Waals surface area contributed by atoms with Crippen LogP contribution < -0.4 is 10.0 Å². The van der Waals surface area contributed by atoms with Crippen LogP contribution in [0.15, 0.2) is 71.6 Å². The van der Waals surface area contributed by atoms with Gasteiger partial charge in [-0.15, -0.1) is 0 Å². The molecule has 152 valence electrons. The lowest BCUT2D eigenvalue weighted by Crippen LogP contribution is -2.14. The van der Waals surface area contributed by atoms with Crippen molar-refractivity contribution in [2.45, 2.75) is 11.8 Å². The van der Waals surface area contributed by atoms with Crippen LogP contribution in [0.4, 0.5) is 15.2 Å². The van der Waals surface area contributed by atoms with E-state index in [2.05, 4.69) is 15.0 Å². The van der Waals surface area contributed by atoms with Gasteiger partial charge >= 0.3 is 0 Å². The highest BCUT2D eigenvalue weighted by atomic mass is 32.2. The summed E-state index contributed by atoms with van der Waals surface area (Å²) >= 11 is 1.22. The first-order chi connectivity index (χ1) is 14.3. The Morgan fingerprint density at radius 3 is 2.47 bits per heavy atom. The minimum absolute atomic E-state index is 0.284. The third-order valence-corrected chi connectivity index (χ3v) is 6.65. The zero-order chi connectivity index (χ0) is 21.3. The second-order valence-corrected chi connectivity index (χ2v) is 9.20. The number of halogens is 1. The van der Waals surface area contributed by atoms with E-state index >= 15 is 0 Å². The normalized spacial score (nSPS) is 11.4. The van der Waals surface area contributed by atoms with E-state index in [4.69, 9.17) is 0 Å². The van der Waals surface area contributed by atoms with E-state index in [0.29, 0.717) is 20.9 Å². The summed E-state index contributed by atoms with van der Waals surface area (Å²) in [5.41, 5.74) is 2.16. The highest BCUT2D eigenvalue weighted by molar-refractivity contribution is 7.92. The Morgan fingerprint density at radius 1 is 1.03 bits per heavy atom. The first kappa shape index (κ1) is 20.0. The summed E-state index contributed by atoms with van der Waals surface area (Å²) in [6.07, 6.45) is 0. The molecule has 1 aromatic heterocycles. The number of carbonyl (C=O) groups excluding carboxylic acids is 1. The number of carbonyl (C=O) groups is 1. The zero-order valence-corrected chi connectivity index (χ0v) is 17.4. The number of anilines is 2. The lowest BCUT2D eigenvalue weighted by molar-refractivity contribution is 0.102. The minimum Gasteiger partial charge on any atom is -0.298 e. The fourth-order valence-corrected chi connectivity index (χ4v) is 5.04. The summed E-state index contributed by atoms with van der Waals surface area (Å²) in [4.78, 5) is 16.4. The summed E-state index contributed by atoms with van der Waals surface area (Å²) in [6, 6.07) is 17.1. The molecule has 1 heterocycles. The van der Waals surface area contributed by atoms with Crippen LogP contribution in [0.1, 0.15) is 15.9 Å². The van der Waals surface area contributed by atoms with Crippen molar-refractivity contribution < 1.29 is 17.6 Å². The van der Waals surface area contributed by atoms with Crippen LogP contribution >= 0.6 is 11.3 Å². The molecule has 0 aliphatic rings. The average molecular weight is 442 g/mol. The fraction of sp³-hybridized carbons (Fsp3) is 0.0476. The molecule has 0 fully saturated rings. The maximum Gasteiger partial charge on any atom is 0.264 e. The summed E-state index contributed by atoms with van der Waals surface area (Å²) < 4.78 is 42.1. The first-order valence-electron chi connectivity index (χ1n) is 8.88. The number of nitrogens with zero attached hydrogens (tertiary/aromatic N) is 1. The van der Waals surface area contributed by atoms with Crippen molar-refractivity contribution in [1.82, 2.24) is 4.98 Å². The molecule has 4 rings (SSSR count). The van der Waals surface area contributed by atoms with Gasteiger partial charge in [0.2, 0.25) is 0 Å². The Balaban J connectivity index is 1.63. The highest BCUT2D eigenvalue weighted by Gasteiger charge is 2.20. The number of sulfonamides is 1. The second kappa shape index (κ2) is 7.85. The van der Waals surface area contributed by atoms with Gasteiger partial charge in [-0.1, -0.05) is 41.7 Å². The largest absolute Gasteiger partial charge is 0.298 e. The van der Waals surface area contributed by atoms with Gasteiger partial charge in [0.25, 0.3) is 15.9 Å². The Labute approximate surface area is 176 Å². The Kier molecular flexibility index (Phi) is 5.23. The summed E-state index contributed by atoms with van der Waals surface area (Å²) in [7, 11) is -4.09. The number of aromatic nitrogens is 1. The second-order valence-electron chi connectivity index (χ2n) is 6.51. The molecule has 0 atom stereocenters. The number of hydrogen-bond donors (Lipinski definition) is 2. The van der Waals surface area contributed by atoms with Crippen LogP contribution in [0.2, 0.25) is 0 Å². The predicted octanol–water partition coefficient (Wildman–Crippen LogP) is 4.80. The van der Waals surface area contributed by atoms with Gasteiger partial charge in [0.15, 0.2) is 5.13 Å². The predicted molar refractivity (Wildman–Crippen MR) is 116 cm³/mol. The SMILES string of the molecule is Cc1cc(NS(=O)(=O)c2ccccc2F)cc2sc(NC(=O)c3ccccc3)nc12. The Hall–Kier alpha value is -3.30. The molecule has 0 spiro atoms. The van der Waals surface area contributed by atoms with Gasteiger partial charge in [0.1, 0.15) is 10.7 Å². The number of amides is 1. The van der Waals surface area contributed by atoms with Crippen molar-refractivity contribution in [3.8, 4) is 0 Å². The topological polar surface area (TPSA) is 88.2 Å². The van der Waals surface area contributed by atoms with E-state index in [9.17, 15) is 17.6 Å². The van der Waals surface area contributed by atoms with Gasteiger partial charge < -0.3 is 0 Å². The minimum atomic E-state index is -4.09. The van der Waals surface area contributed by atoms with Gasteiger partial charge in [0.05, 0.1) is 15.9 Å². The first-order valence-corrected chi connectivity index (χ1v) is 11.2. The number of nitrogens with one attached hydrogen (secondary N) is 2. The van der Waals surface area contributed by atoms with E-state index in [1.54, 1.807) is 43.3 Å². The lowest BCUT2D eigenvalue weighted by Gasteiger charge is -2.09. The fourth-order valence-electron chi connectivity index (χ4n) is 2.94. The number of benzene rings is 3. The molecule has 0 saturated heterocycles. The van der Waals surface area contributed by atoms with Crippen LogP contribution in [0.25, 0.3) is 10.2 Å². The lowest BCUT2D eigenvalue weighted by atomic mass is 10.2. The Morgan fingerprint density at radius 2 is 1.73 bits per heavy atom. The van der Waals surface area contributed by atoms with Gasteiger partial charge in [-0.3, -0.25) is 14.8 Å². The smallest absolute Gasteiger partial charge is 0.264 e. The molecule has 1 amide bonds. The van der Waals surface area contributed by atoms with Crippen molar-refractivity contribution in [3.63, 3.8) is 0 Å². The van der Waals surface area contributed by atoms with E-state index in [1.807, 2.05) is 6.07 Å². The number of thiazole rings is 1. The monoisotopic (exact) mass is 441 g/mol. The number of aryl methyl sites for hydroxylation is 1. The molecule has 2 N–H and O–H groups in total. The molecule has 3 aromatic carbocycles. The number of fused-ring (bicyclic) bond motifs is 1. The summed E-state index contributed by atoms with van der Waals surface area (Å²) in [5.74, 6) is -1.11. The van der Waals surface area contributed by atoms with E-state index in [1.165, 1.54) is 29.5 Å². The third kappa shape index (κ3) is 4.03. The van der Waals surface area contributed by atoms with Crippen LogP contribution in [0, 0.1) is 12.7 Å². The number of hydrogen-bond acceptors (Lipinski definition) is 5. The molecule has 30 heavy (non-hydrogen) atoms.